The lowest BCUT2D eigenvalue weighted by Gasteiger charge is -2.07. The second-order valence-corrected chi connectivity index (χ2v) is 8.29. The Morgan fingerprint density at radius 2 is 1.38 bits per heavy atom. The highest BCUT2D eigenvalue weighted by molar-refractivity contribution is 6.08. The van der Waals surface area contributed by atoms with E-state index < -0.39 is 0 Å². The fraction of sp³-hybridized carbons (Fsp3) is 0.0312. The molecule has 0 aliphatic heterocycles. The molecule has 0 bridgehead atoms. The van der Waals surface area contributed by atoms with Crippen LogP contribution in [0.3, 0.4) is 0 Å². The van der Waals surface area contributed by atoms with E-state index >= 15 is 0 Å². The van der Waals surface area contributed by atoms with Crippen LogP contribution >= 0.6 is 0 Å². The van der Waals surface area contributed by atoms with Crippen molar-refractivity contribution < 1.29 is 0 Å². The number of fused-ring (bicyclic) bond motifs is 3. The molecule has 164 valence electrons. The van der Waals surface area contributed by atoms with Gasteiger partial charge in [-0.3, -0.25) is 4.99 Å². The van der Waals surface area contributed by atoms with Crippen LogP contribution < -0.4 is 5.73 Å². The van der Waals surface area contributed by atoms with E-state index in [0.717, 1.165) is 28.1 Å². The van der Waals surface area contributed by atoms with Gasteiger partial charge in [0, 0.05) is 11.9 Å². The van der Waals surface area contributed by atoms with Crippen LogP contribution in [0.4, 0.5) is 11.4 Å². The number of nitrogen functional groups attached to an aromatic ring is 1. The van der Waals surface area contributed by atoms with Crippen molar-refractivity contribution in [3.8, 4) is 11.1 Å². The van der Waals surface area contributed by atoms with Crippen molar-refractivity contribution in [2.75, 3.05) is 5.73 Å². The summed E-state index contributed by atoms with van der Waals surface area (Å²) in [5, 5.41) is 5.06. The maximum absolute atomic E-state index is 5.79. The standard InChI is InChI=1S/C32H26N2/c1-2-5-23(27-14-19-32-28(22-27)9-8-26-6-3-4-7-31(26)32)20-21-34-30-17-12-25(13-18-30)24-10-15-29(33)16-11-24/h2-22H,33H2,1H3/b5-2-,23-20+,34-21?. The molecule has 5 aromatic rings. The molecule has 0 aliphatic rings. The van der Waals surface area contributed by atoms with Gasteiger partial charge in [0.1, 0.15) is 0 Å². The molecule has 0 unspecified atom stereocenters. The van der Waals surface area contributed by atoms with Gasteiger partial charge in [0.05, 0.1) is 5.69 Å². The van der Waals surface area contributed by atoms with E-state index in [4.69, 9.17) is 5.73 Å². The molecular formula is C32H26N2. The van der Waals surface area contributed by atoms with Gasteiger partial charge in [-0.2, -0.15) is 0 Å². The maximum atomic E-state index is 5.79. The van der Waals surface area contributed by atoms with Gasteiger partial charge in [0.25, 0.3) is 0 Å². The normalized spacial score (nSPS) is 12.3. The Labute approximate surface area is 200 Å². The number of hydrogen-bond donors (Lipinski definition) is 1. The van der Waals surface area contributed by atoms with Gasteiger partial charge in [0.15, 0.2) is 0 Å². The van der Waals surface area contributed by atoms with Gasteiger partial charge in [0.2, 0.25) is 0 Å². The van der Waals surface area contributed by atoms with Crippen LogP contribution in [0.5, 0.6) is 0 Å². The van der Waals surface area contributed by atoms with E-state index in [1.807, 2.05) is 49.5 Å². The minimum atomic E-state index is 0.772. The first-order valence-electron chi connectivity index (χ1n) is 11.5. The zero-order valence-electron chi connectivity index (χ0n) is 19.1. The molecule has 34 heavy (non-hydrogen) atoms. The van der Waals surface area contributed by atoms with Crippen molar-refractivity contribution in [3.05, 3.63) is 127 Å². The van der Waals surface area contributed by atoms with Crippen molar-refractivity contribution in [3.63, 3.8) is 0 Å². The molecule has 0 saturated carbocycles. The lowest BCUT2D eigenvalue weighted by atomic mass is 9.97. The van der Waals surface area contributed by atoms with Crippen molar-refractivity contribution >= 4 is 44.7 Å². The molecule has 2 heteroatoms. The van der Waals surface area contributed by atoms with Gasteiger partial charge in [-0.1, -0.05) is 84.9 Å². The number of rotatable bonds is 5. The highest BCUT2D eigenvalue weighted by atomic mass is 14.7. The predicted octanol–water partition coefficient (Wildman–Crippen LogP) is 8.60. The molecule has 0 fully saturated rings. The van der Waals surface area contributed by atoms with E-state index in [-0.39, 0.29) is 0 Å². The molecule has 5 rings (SSSR count). The number of benzene rings is 5. The fourth-order valence-corrected chi connectivity index (χ4v) is 4.24. The van der Waals surface area contributed by atoms with Crippen LogP contribution in [0.2, 0.25) is 0 Å². The monoisotopic (exact) mass is 438 g/mol. The molecule has 0 aromatic heterocycles. The maximum Gasteiger partial charge on any atom is 0.0630 e. The average Bonchev–Trinajstić information content (AvgIpc) is 2.89. The lowest BCUT2D eigenvalue weighted by molar-refractivity contribution is 1.53. The van der Waals surface area contributed by atoms with Gasteiger partial charge in [-0.05, 0) is 87.1 Å². The largest absolute Gasteiger partial charge is 0.399 e. The SMILES string of the molecule is C/C=C\C(=C/C=Nc1ccc(-c2ccc(N)cc2)cc1)c1ccc2c(ccc3ccccc32)c1. The molecule has 5 aromatic carbocycles. The molecule has 2 N–H and O–H groups in total. The summed E-state index contributed by atoms with van der Waals surface area (Å²) < 4.78 is 0. The number of nitrogens with zero attached hydrogens (tertiary/aromatic N) is 1. The zero-order valence-corrected chi connectivity index (χ0v) is 19.1. The van der Waals surface area contributed by atoms with Gasteiger partial charge in [-0.15, -0.1) is 0 Å². The number of nitrogens with two attached hydrogens (primary N) is 1. The van der Waals surface area contributed by atoms with Crippen LogP contribution in [0.25, 0.3) is 38.2 Å². The minimum Gasteiger partial charge on any atom is -0.399 e. The third kappa shape index (κ3) is 4.53. The second kappa shape index (κ2) is 9.60. The van der Waals surface area contributed by atoms with Crippen molar-refractivity contribution in [2.24, 2.45) is 4.99 Å². The third-order valence-electron chi connectivity index (χ3n) is 6.01. The Hall–Kier alpha value is -4.43. The van der Waals surface area contributed by atoms with Gasteiger partial charge < -0.3 is 5.73 Å². The first kappa shape index (κ1) is 21.4. The summed E-state index contributed by atoms with van der Waals surface area (Å²) in [6.45, 7) is 2.04. The second-order valence-electron chi connectivity index (χ2n) is 8.29. The third-order valence-corrected chi connectivity index (χ3v) is 6.01. The van der Waals surface area contributed by atoms with Crippen LogP contribution in [0, 0.1) is 0 Å². The first-order valence-corrected chi connectivity index (χ1v) is 11.5. The van der Waals surface area contributed by atoms with E-state index in [1.165, 1.54) is 27.1 Å². The molecular weight excluding hydrogens is 412 g/mol. The predicted molar refractivity (Wildman–Crippen MR) is 149 cm³/mol. The summed E-state index contributed by atoms with van der Waals surface area (Å²) >= 11 is 0. The summed E-state index contributed by atoms with van der Waals surface area (Å²) in [5.74, 6) is 0. The van der Waals surface area contributed by atoms with Crippen LogP contribution in [-0.2, 0) is 0 Å². The Balaban J connectivity index is 1.41. The summed E-state index contributed by atoms with van der Waals surface area (Å²) in [4.78, 5) is 4.65. The van der Waals surface area contributed by atoms with Crippen LogP contribution in [0.1, 0.15) is 12.5 Å². The quantitative estimate of drug-likeness (QED) is 0.127. The highest BCUT2D eigenvalue weighted by Gasteiger charge is 2.04. The first-order chi connectivity index (χ1) is 16.7. The van der Waals surface area contributed by atoms with Gasteiger partial charge >= 0.3 is 0 Å². The van der Waals surface area contributed by atoms with Crippen molar-refractivity contribution in [1.82, 2.24) is 0 Å². The van der Waals surface area contributed by atoms with E-state index in [2.05, 4.69) is 90.0 Å². The Morgan fingerprint density at radius 1 is 0.706 bits per heavy atom. The van der Waals surface area contributed by atoms with E-state index in [0.29, 0.717) is 0 Å². The average molecular weight is 439 g/mol. The smallest absolute Gasteiger partial charge is 0.0630 e. The summed E-state index contributed by atoms with van der Waals surface area (Å²) in [5.41, 5.74) is 12.1. The Bertz CT molecular complexity index is 1540. The summed E-state index contributed by atoms with van der Waals surface area (Å²) in [6.07, 6.45) is 8.12. The number of hydrogen-bond acceptors (Lipinski definition) is 2. The topological polar surface area (TPSA) is 38.4 Å². The molecule has 0 heterocycles. The van der Waals surface area contributed by atoms with E-state index in [1.54, 1.807) is 0 Å². The Kier molecular flexibility index (Phi) is 6.05. The number of aliphatic imine (C=N–C) groups is 1. The lowest BCUT2D eigenvalue weighted by Crippen LogP contribution is -1.85. The van der Waals surface area contributed by atoms with Crippen molar-refractivity contribution in [2.45, 2.75) is 6.92 Å². The Morgan fingerprint density at radius 3 is 2.15 bits per heavy atom. The van der Waals surface area contributed by atoms with E-state index in [9.17, 15) is 0 Å². The van der Waals surface area contributed by atoms with Crippen molar-refractivity contribution in [1.29, 1.82) is 0 Å². The molecule has 0 amide bonds. The molecule has 2 nitrogen and oxygen atoms in total. The van der Waals surface area contributed by atoms with Crippen LogP contribution in [-0.4, -0.2) is 6.21 Å². The molecule has 0 spiro atoms. The molecule has 0 radical (unpaired) electrons. The van der Waals surface area contributed by atoms with Gasteiger partial charge in [-0.25, -0.2) is 0 Å². The fourth-order valence-electron chi connectivity index (χ4n) is 4.24. The highest BCUT2D eigenvalue weighted by Crippen LogP contribution is 2.29. The zero-order chi connectivity index (χ0) is 23.3. The molecule has 0 aliphatic carbocycles. The molecule has 0 saturated heterocycles. The molecule has 0 atom stereocenters. The minimum absolute atomic E-state index is 0.772. The summed E-state index contributed by atoms with van der Waals surface area (Å²) in [7, 11) is 0. The summed E-state index contributed by atoms with van der Waals surface area (Å²) in [6, 6.07) is 35.7. The van der Waals surface area contributed by atoms with Crippen LogP contribution in [0.15, 0.2) is 126 Å². The number of anilines is 1. The number of allylic oxidation sites excluding steroid dienone is 4.